The molecule has 4 nitrogen and oxygen atoms in total. The molecule has 5 heteroatoms. The molecule has 0 saturated carbocycles. The van der Waals surface area contributed by atoms with Gasteiger partial charge in [-0.2, -0.15) is 17.8 Å². The molecule has 0 unspecified atom stereocenters. The summed E-state index contributed by atoms with van der Waals surface area (Å²) in [5.41, 5.74) is 0.675. The topological polar surface area (TPSA) is 46.6 Å². The normalized spacial score (nSPS) is 12.0. The lowest BCUT2D eigenvalue weighted by molar-refractivity contribution is 0.00510. The van der Waals surface area contributed by atoms with Crippen LogP contribution in [0.15, 0.2) is 29.2 Å². The highest BCUT2D eigenvalue weighted by molar-refractivity contribution is 7.86. The molecule has 0 aliphatic carbocycles. The Morgan fingerprint density at radius 1 is 1.21 bits per heavy atom. The number of hydroxylamine groups is 2. The second kappa shape index (κ2) is 4.08. The summed E-state index contributed by atoms with van der Waals surface area (Å²) in [7, 11) is -0.617. The highest BCUT2D eigenvalue weighted by Crippen LogP contribution is 2.16. The van der Waals surface area contributed by atoms with Gasteiger partial charge in [-0.3, -0.25) is 0 Å². The maximum Gasteiger partial charge on any atom is 0.313 e. The number of benzene rings is 1. The van der Waals surface area contributed by atoms with Gasteiger partial charge in [-0.15, -0.1) is 0 Å². The number of aryl methyl sites for hydroxylation is 1. The van der Waals surface area contributed by atoms with Crippen molar-refractivity contribution in [1.29, 1.82) is 0 Å². The third-order valence-electron chi connectivity index (χ3n) is 1.61. The van der Waals surface area contributed by atoms with Crippen LogP contribution in [0, 0.1) is 6.92 Å². The Labute approximate surface area is 84.2 Å². The lowest BCUT2D eigenvalue weighted by Crippen LogP contribution is -2.19. The zero-order valence-electron chi connectivity index (χ0n) is 8.39. The standard InChI is InChI=1S/C9H13NO3S/c1-8-6-4-5-7-9(8)14(11,12)13-10(2)3/h4-7H,1-3H3. The van der Waals surface area contributed by atoms with Gasteiger partial charge in [-0.05, 0) is 18.6 Å². The molecule has 0 atom stereocenters. The molecule has 0 aromatic heterocycles. The van der Waals surface area contributed by atoms with Crippen molar-refractivity contribution in [3.8, 4) is 0 Å². The van der Waals surface area contributed by atoms with Gasteiger partial charge in [0.1, 0.15) is 0 Å². The molecule has 0 saturated heterocycles. The third-order valence-corrected chi connectivity index (χ3v) is 3.10. The molecular weight excluding hydrogens is 202 g/mol. The van der Waals surface area contributed by atoms with E-state index in [9.17, 15) is 8.42 Å². The first-order valence-electron chi connectivity index (χ1n) is 4.11. The van der Waals surface area contributed by atoms with Gasteiger partial charge in [0.2, 0.25) is 0 Å². The van der Waals surface area contributed by atoms with E-state index in [2.05, 4.69) is 0 Å². The largest absolute Gasteiger partial charge is 0.313 e. The van der Waals surface area contributed by atoms with Crippen LogP contribution in [0.3, 0.4) is 0 Å². The maximum absolute atomic E-state index is 11.6. The van der Waals surface area contributed by atoms with E-state index in [1.807, 2.05) is 0 Å². The number of nitrogens with zero attached hydrogens (tertiary/aromatic N) is 1. The van der Waals surface area contributed by atoms with Crippen molar-refractivity contribution in [2.75, 3.05) is 14.1 Å². The molecule has 0 aliphatic rings. The van der Waals surface area contributed by atoms with Gasteiger partial charge in [-0.25, -0.2) is 0 Å². The van der Waals surface area contributed by atoms with Crippen LogP contribution >= 0.6 is 0 Å². The Morgan fingerprint density at radius 2 is 1.79 bits per heavy atom. The van der Waals surface area contributed by atoms with Crippen LogP contribution < -0.4 is 0 Å². The van der Waals surface area contributed by atoms with Gasteiger partial charge >= 0.3 is 10.1 Å². The van der Waals surface area contributed by atoms with Gasteiger partial charge in [-0.1, -0.05) is 18.2 Å². The van der Waals surface area contributed by atoms with Crippen LogP contribution in [0.2, 0.25) is 0 Å². The Bertz CT molecular complexity index is 412. The summed E-state index contributed by atoms with van der Waals surface area (Å²) < 4.78 is 27.9. The fourth-order valence-corrected chi connectivity index (χ4v) is 2.25. The molecular formula is C9H13NO3S. The monoisotopic (exact) mass is 215 g/mol. The summed E-state index contributed by atoms with van der Waals surface area (Å²) in [5.74, 6) is 0. The van der Waals surface area contributed by atoms with E-state index in [4.69, 9.17) is 4.28 Å². The van der Waals surface area contributed by atoms with Gasteiger partial charge in [0.25, 0.3) is 0 Å². The Balaban J connectivity index is 3.11. The molecule has 14 heavy (non-hydrogen) atoms. The van der Waals surface area contributed by atoms with Crippen LogP contribution in [0.4, 0.5) is 0 Å². The second-order valence-corrected chi connectivity index (χ2v) is 4.60. The quantitative estimate of drug-likeness (QED) is 0.710. The molecule has 1 aromatic rings. The van der Waals surface area contributed by atoms with Crippen molar-refractivity contribution in [3.63, 3.8) is 0 Å². The first kappa shape index (κ1) is 11.2. The molecule has 0 spiro atoms. The van der Waals surface area contributed by atoms with Crippen molar-refractivity contribution in [2.45, 2.75) is 11.8 Å². The Hall–Kier alpha value is -0.910. The summed E-state index contributed by atoms with van der Waals surface area (Å²) in [4.78, 5) is 0.203. The molecule has 1 aromatic carbocycles. The summed E-state index contributed by atoms with van der Waals surface area (Å²) in [6.07, 6.45) is 0. The fraction of sp³-hybridized carbons (Fsp3) is 0.333. The number of hydrogen-bond donors (Lipinski definition) is 0. The zero-order valence-corrected chi connectivity index (χ0v) is 9.21. The lowest BCUT2D eigenvalue weighted by Gasteiger charge is -2.11. The van der Waals surface area contributed by atoms with E-state index in [1.54, 1.807) is 25.1 Å². The molecule has 0 fully saturated rings. The van der Waals surface area contributed by atoms with E-state index >= 15 is 0 Å². The van der Waals surface area contributed by atoms with Crippen LogP contribution in [-0.4, -0.2) is 27.6 Å². The van der Waals surface area contributed by atoms with Crippen LogP contribution in [0.5, 0.6) is 0 Å². The minimum Gasteiger partial charge on any atom is -0.192 e. The molecule has 0 radical (unpaired) electrons. The summed E-state index contributed by atoms with van der Waals surface area (Å²) in [6.45, 7) is 1.73. The van der Waals surface area contributed by atoms with E-state index in [1.165, 1.54) is 20.2 Å². The molecule has 0 heterocycles. The molecule has 0 bridgehead atoms. The minimum atomic E-state index is -3.66. The lowest BCUT2D eigenvalue weighted by atomic mass is 10.2. The predicted octanol–water partition coefficient (Wildman–Crippen LogP) is 1.18. The van der Waals surface area contributed by atoms with E-state index < -0.39 is 10.1 Å². The first-order chi connectivity index (χ1) is 6.43. The summed E-state index contributed by atoms with van der Waals surface area (Å²) in [5, 5.41) is 1.15. The van der Waals surface area contributed by atoms with E-state index in [0.29, 0.717) is 5.56 Å². The third kappa shape index (κ3) is 2.54. The Morgan fingerprint density at radius 3 is 2.29 bits per heavy atom. The average molecular weight is 215 g/mol. The van der Waals surface area contributed by atoms with Crippen LogP contribution in [-0.2, 0) is 14.4 Å². The molecule has 0 aliphatic heterocycles. The highest BCUT2D eigenvalue weighted by atomic mass is 32.2. The first-order valence-corrected chi connectivity index (χ1v) is 5.52. The van der Waals surface area contributed by atoms with Gasteiger partial charge in [0, 0.05) is 14.1 Å². The Kier molecular flexibility index (Phi) is 3.25. The van der Waals surface area contributed by atoms with E-state index in [0.717, 1.165) is 5.06 Å². The second-order valence-electron chi connectivity index (χ2n) is 3.11. The van der Waals surface area contributed by atoms with Crippen LogP contribution in [0.1, 0.15) is 5.56 Å². The number of hydrogen-bond acceptors (Lipinski definition) is 4. The van der Waals surface area contributed by atoms with Crippen molar-refractivity contribution in [1.82, 2.24) is 5.06 Å². The molecule has 78 valence electrons. The van der Waals surface area contributed by atoms with Crippen molar-refractivity contribution < 1.29 is 12.7 Å². The average Bonchev–Trinajstić information content (AvgIpc) is 2.02. The van der Waals surface area contributed by atoms with Crippen LogP contribution in [0.25, 0.3) is 0 Å². The maximum atomic E-state index is 11.6. The molecule has 0 N–H and O–H groups in total. The predicted molar refractivity (Wildman–Crippen MR) is 53.1 cm³/mol. The van der Waals surface area contributed by atoms with Crippen molar-refractivity contribution in [2.24, 2.45) is 0 Å². The molecule has 1 rings (SSSR count). The summed E-state index contributed by atoms with van der Waals surface area (Å²) >= 11 is 0. The van der Waals surface area contributed by atoms with Gasteiger partial charge < -0.3 is 0 Å². The van der Waals surface area contributed by atoms with E-state index in [-0.39, 0.29) is 4.90 Å². The van der Waals surface area contributed by atoms with Crippen molar-refractivity contribution in [3.05, 3.63) is 29.8 Å². The zero-order chi connectivity index (χ0) is 10.8. The minimum absolute atomic E-state index is 0.203. The fourth-order valence-electron chi connectivity index (χ4n) is 1.07. The van der Waals surface area contributed by atoms with Gasteiger partial charge in [0.15, 0.2) is 0 Å². The smallest absolute Gasteiger partial charge is 0.192 e. The molecule has 0 amide bonds. The summed E-state index contributed by atoms with van der Waals surface area (Å²) in [6, 6.07) is 6.70. The number of rotatable bonds is 3. The van der Waals surface area contributed by atoms with Gasteiger partial charge in [0.05, 0.1) is 4.90 Å². The SMILES string of the molecule is Cc1ccccc1S(=O)(=O)ON(C)C. The highest BCUT2D eigenvalue weighted by Gasteiger charge is 2.18. The van der Waals surface area contributed by atoms with Crippen molar-refractivity contribution >= 4 is 10.1 Å².